The molecule has 0 aliphatic rings. The smallest absolute Gasteiger partial charge is 0.348 e. The Kier molecular flexibility index (Phi) is 7.68. The summed E-state index contributed by atoms with van der Waals surface area (Å²) < 4.78 is 14.5. The van der Waals surface area contributed by atoms with E-state index in [0.29, 0.717) is 21.8 Å². The molecule has 0 amide bonds. The second-order valence-corrected chi connectivity index (χ2v) is 7.05. The molecule has 0 saturated carbocycles. The van der Waals surface area contributed by atoms with Gasteiger partial charge in [0.2, 0.25) is 0 Å². The molecule has 1 aromatic heterocycles. The van der Waals surface area contributed by atoms with Crippen molar-refractivity contribution in [1.82, 2.24) is 0 Å². The molecule has 0 unspecified atom stereocenters. The van der Waals surface area contributed by atoms with Crippen molar-refractivity contribution in [2.45, 2.75) is 13.8 Å². The molecule has 0 saturated heterocycles. The molecule has 2 N–H and O–H groups in total. The quantitative estimate of drug-likeness (QED) is 0.399. The van der Waals surface area contributed by atoms with Gasteiger partial charge in [0.25, 0.3) is 0 Å². The number of hydrogen-bond acceptors (Lipinski definition) is 8. The molecular weight excluding hydrogens is 416 g/mol. The van der Waals surface area contributed by atoms with Gasteiger partial charge in [0.1, 0.15) is 9.88 Å². The average molecular weight is 437 g/mol. The minimum absolute atomic E-state index is 0.161. The lowest BCUT2D eigenvalue weighted by Crippen LogP contribution is -2.20. The third kappa shape index (κ3) is 5.30. The van der Waals surface area contributed by atoms with Gasteiger partial charge in [0.15, 0.2) is 5.11 Å². The Bertz CT molecular complexity index is 954. The molecule has 0 spiro atoms. The largest absolute Gasteiger partial charge is 0.465 e. The van der Waals surface area contributed by atoms with Crippen molar-refractivity contribution >= 4 is 57.3 Å². The number of methoxy groups -OCH3 is 2. The van der Waals surface area contributed by atoms with Gasteiger partial charge in [-0.25, -0.2) is 14.4 Å². The van der Waals surface area contributed by atoms with E-state index in [2.05, 4.69) is 10.6 Å². The van der Waals surface area contributed by atoms with Crippen LogP contribution in [0.1, 0.15) is 42.9 Å². The summed E-state index contributed by atoms with van der Waals surface area (Å²) in [4.78, 5) is 36.3. The number of rotatable bonds is 6. The fourth-order valence-electron chi connectivity index (χ4n) is 2.44. The summed E-state index contributed by atoms with van der Waals surface area (Å²) in [5.74, 6) is -1.62. The molecule has 0 radical (unpaired) electrons. The van der Waals surface area contributed by atoms with E-state index in [0.717, 1.165) is 11.3 Å². The van der Waals surface area contributed by atoms with Gasteiger partial charge >= 0.3 is 17.9 Å². The number of anilines is 2. The van der Waals surface area contributed by atoms with E-state index in [1.165, 1.54) is 14.2 Å². The Morgan fingerprint density at radius 3 is 2.38 bits per heavy atom. The Labute approximate surface area is 177 Å². The van der Waals surface area contributed by atoms with Gasteiger partial charge < -0.3 is 24.8 Å². The summed E-state index contributed by atoms with van der Waals surface area (Å²) in [6.07, 6.45) is 0. The Morgan fingerprint density at radius 2 is 1.76 bits per heavy atom. The van der Waals surface area contributed by atoms with Crippen molar-refractivity contribution in [2.75, 3.05) is 31.5 Å². The lowest BCUT2D eigenvalue weighted by atomic mass is 10.1. The van der Waals surface area contributed by atoms with Crippen molar-refractivity contribution in [1.29, 1.82) is 0 Å². The number of thiophene rings is 1. The number of carbonyl (C=O) groups is 3. The second kappa shape index (κ2) is 9.99. The van der Waals surface area contributed by atoms with Crippen LogP contribution in [-0.4, -0.2) is 43.8 Å². The Morgan fingerprint density at radius 1 is 1.07 bits per heavy atom. The standard InChI is InChI=1S/C19H20N2O6S2/c1-5-27-16(22)11-7-6-8-12(9-11)20-19(28)21-15-13(17(23)25-3)10(2)14(29-15)18(24)26-4/h6-9H,5H2,1-4H3,(H2,20,21,28). The number of benzene rings is 1. The van der Waals surface area contributed by atoms with Crippen molar-refractivity contribution in [3.05, 3.63) is 45.8 Å². The summed E-state index contributed by atoms with van der Waals surface area (Å²) in [7, 11) is 2.51. The van der Waals surface area contributed by atoms with Crippen molar-refractivity contribution in [2.24, 2.45) is 0 Å². The molecule has 1 aromatic carbocycles. The number of ether oxygens (including phenoxy) is 3. The van der Waals surface area contributed by atoms with Crippen molar-refractivity contribution in [3.63, 3.8) is 0 Å². The van der Waals surface area contributed by atoms with Gasteiger partial charge in [-0.3, -0.25) is 0 Å². The SMILES string of the molecule is CCOC(=O)c1cccc(NC(=S)Nc2sc(C(=O)OC)c(C)c2C(=O)OC)c1. The van der Waals surface area contributed by atoms with Gasteiger partial charge in [0.05, 0.1) is 32.0 Å². The van der Waals surface area contributed by atoms with Crippen molar-refractivity contribution < 1.29 is 28.6 Å². The van der Waals surface area contributed by atoms with E-state index in [-0.39, 0.29) is 22.2 Å². The number of esters is 3. The van der Waals surface area contributed by atoms with Crippen LogP contribution in [0.2, 0.25) is 0 Å². The molecule has 0 aliphatic carbocycles. The highest BCUT2D eigenvalue weighted by Crippen LogP contribution is 2.34. The van der Waals surface area contributed by atoms with Crippen LogP contribution in [0.15, 0.2) is 24.3 Å². The molecular formula is C19H20N2O6S2. The van der Waals surface area contributed by atoms with Crippen LogP contribution in [0.5, 0.6) is 0 Å². The normalized spacial score (nSPS) is 10.1. The van der Waals surface area contributed by atoms with E-state index < -0.39 is 17.9 Å². The Hall–Kier alpha value is -2.98. The van der Waals surface area contributed by atoms with E-state index >= 15 is 0 Å². The monoisotopic (exact) mass is 436 g/mol. The minimum atomic E-state index is -0.608. The average Bonchev–Trinajstić information content (AvgIpc) is 3.02. The summed E-state index contributed by atoms with van der Waals surface area (Å²) in [5.41, 5.74) is 1.55. The van der Waals surface area contributed by atoms with E-state index in [1.54, 1.807) is 38.1 Å². The summed E-state index contributed by atoms with van der Waals surface area (Å²) in [6, 6.07) is 6.62. The molecule has 10 heteroatoms. The first-order valence-electron chi connectivity index (χ1n) is 8.47. The first-order valence-corrected chi connectivity index (χ1v) is 9.70. The summed E-state index contributed by atoms with van der Waals surface area (Å²) in [5, 5.41) is 6.34. The second-order valence-electron chi connectivity index (χ2n) is 5.62. The van der Waals surface area contributed by atoms with Crippen LogP contribution in [-0.2, 0) is 14.2 Å². The fraction of sp³-hybridized carbons (Fsp3) is 0.263. The topological polar surface area (TPSA) is 103 Å². The van der Waals surface area contributed by atoms with E-state index in [1.807, 2.05) is 0 Å². The van der Waals surface area contributed by atoms with Crippen molar-refractivity contribution in [3.8, 4) is 0 Å². The number of nitrogens with one attached hydrogen (secondary N) is 2. The van der Waals surface area contributed by atoms with Crippen LogP contribution < -0.4 is 10.6 Å². The van der Waals surface area contributed by atoms with Crippen LogP contribution in [0, 0.1) is 6.92 Å². The molecule has 2 aromatic rings. The van der Waals surface area contributed by atoms with E-state index in [4.69, 9.17) is 26.4 Å². The summed E-state index contributed by atoms with van der Waals surface area (Å²) in [6.45, 7) is 3.62. The van der Waals surface area contributed by atoms with Crippen LogP contribution >= 0.6 is 23.6 Å². The molecule has 0 aliphatic heterocycles. The zero-order valence-electron chi connectivity index (χ0n) is 16.3. The maximum atomic E-state index is 12.2. The summed E-state index contributed by atoms with van der Waals surface area (Å²) >= 11 is 6.34. The zero-order valence-corrected chi connectivity index (χ0v) is 17.9. The molecule has 2 rings (SSSR count). The zero-order chi connectivity index (χ0) is 21.6. The lowest BCUT2D eigenvalue weighted by molar-refractivity contribution is 0.0524. The highest BCUT2D eigenvalue weighted by molar-refractivity contribution is 7.80. The third-order valence-electron chi connectivity index (χ3n) is 3.77. The van der Waals surface area contributed by atoms with Gasteiger partial charge in [0, 0.05) is 5.69 Å². The minimum Gasteiger partial charge on any atom is -0.465 e. The predicted molar refractivity (Wildman–Crippen MR) is 114 cm³/mol. The van der Waals surface area contributed by atoms with Gasteiger partial charge in [-0.2, -0.15) is 0 Å². The molecule has 0 fully saturated rings. The highest BCUT2D eigenvalue weighted by Gasteiger charge is 2.26. The molecule has 1 heterocycles. The molecule has 0 atom stereocenters. The molecule has 29 heavy (non-hydrogen) atoms. The lowest BCUT2D eigenvalue weighted by Gasteiger charge is -2.11. The Balaban J connectivity index is 2.25. The van der Waals surface area contributed by atoms with Gasteiger partial charge in [-0.05, 0) is 49.8 Å². The highest BCUT2D eigenvalue weighted by atomic mass is 32.1. The maximum absolute atomic E-state index is 12.2. The van der Waals surface area contributed by atoms with Crippen LogP contribution in [0.3, 0.4) is 0 Å². The van der Waals surface area contributed by atoms with Crippen LogP contribution in [0.4, 0.5) is 10.7 Å². The van der Waals surface area contributed by atoms with Gasteiger partial charge in [-0.1, -0.05) is 6.07 Å². The predicted octanol–water partition coefficient (Wildman–Crippen LogP) is 3.62. The van der Waals surface area contributed by atoms with E-state index in [9.17, 15) is 14.4 Å². The number of carbonyl (C=O) groups excluding carboxylic acids is 3. The number of hydrogen-bond donors (Lipinski definition) is 2. The number of thiocarbonyl (C=S) groups is 1. The molecule has 8 nitrogen and oxygen atoms in total. The third-order valence-corrected chi connectivity index (χ3v) is 5.16. The fourth-order valence-corrected chi connectivity index (χ4v) is 3.84. The first-order chi connectivity index (χ1) is 13.8. The molecule has 0 bridgehead atoms. The maximum Gasteiger partial charge on any atom is 0.348 e. The van der Waals surface area contributed by atoms with Crippen LogP contribution in [0.25, 0.3) is 0 Å². The first kappa shape index (κ1) is 22.3. The molecule has 154 valence electrons. The van der Waals surface area contributed by atoms with Gasteiger partial charge in [-0.15, -0.1) is 11.3 Å².